The van der Waals surface area contributed by atoms with E-state index in [4.69, 9.17) is 0 Å². The summed E-state index contributed by atoms with van der Waals surface area (Å²) < 4.78 is 1.90. The summed E-state index contributed by atoms with van der Waals surface area (Å²) in [5.41, 5.74) is 1.79. The molecule has 4 heteroatoms. The van der Waals surface area contributed by atoms with Crippen LogP contribution in [0, 0.1) is 0 Å². The zero-order valence-corrected chi connectivity index (χ0v) is 10.7. The van der Waals surface area contributed by atoms with Crippen molar-refractivity contribution in [3.8, 4) is 0 Å². The van der Waals surface area contributed by atoms with Crippen molar-refractivity contribution in [2.75, 3.05) is 19.6 Å². The second kappa shape index (κ2) is 4.42. The molecular formula is C13H22N4. The fourth-order valence-electron chi connectivity index (χ4n) is 3.43. The second-order valence-corrected chi connectivity index (χ2v) is 5.55. The minimum Gasteiger partial charge on any atom is -0.314 e. The quantitative estimate of drug-likeness (QED) is 0.833. The van der Waals surface area contributed by atoms with E-state index >= 15 is 0 Å². The normalized spacial score (nSPS) is 24.5. The van der Waals surface area contributed by atoms with E-state index in [1.807, 2.05) is 17.9 Å². The third-order valence-electron chi connectivity index (χ3n) is 4.35. The monoisotopic (exact) mass is 234 g/mol. The molecule has 0 bridgehead atoms. The molecule has 1 saturated carbocycles. The van der Waals surface area contributed by atoms with E-state index in [-0.39, 0.29) is 0 Å². The fourth-order valence-corrected chi connectivity index (χ4v) is 3.43. The maximum absolute atomic E-state index is 4.27. The van der Waals surface area contributed by atoms with E-state index in [1.54, 1.807) is 0 Å². The largest absolute Gasteiger partial charge is 0.314 e. The van der Waals surface area contributed by atoms with Crippen molar-refractivity contribution >= 4 is 0 Å². The van der Waals surface area contributed by atoms with Crippen molar-refractivity contribution in [3.63, 3.8) is 0 Å². The van der Waals surface area contributed by atoms with Gasteiger partial charge in [-0.1, -0.05) is 12.8 Å². The van der Waals surface area contributed by atoms with Gasteiger partial charge in [-0.25, -0.2) is 0 Å². The van der Waals surface area contributed by atoms with Crippen LogP contribution in [0.25, 0.3) is 0 Å². The summed E-state index contributed by atoms with van der Waals surface area (Å²) in [5.74, 6) is 0. The van der Waals surface area contributed by atoms with Gasteiger partial charge >= 0.3 is 0 Å². The van der Waals surface area contributed by atoms with Gasteiger partial charge < -0.3 is 5.32 Å². The van der Waals surface area contributed by atoms with Crippen molar-refractivity contribution < 1.29 is 0 Å². The zero-order chi connectivity index (χ0) is 11.7. The van der Waals surface area contributed by atoms with Gasteiger partial charge in [0, 0.05) is 50.5 Å². The van der Waals surface area contributed by atoms with Crippen LogP contribution in [0.15, 0.2) is 12.4 Å². The molecule has 0 unspecified atom stereocenters. The SMILES string of the molecule is Cn1cc(CN2CCNCC23CCCC3)cn1. The molecule has 1 spiro atoms. The Labute approximate surface area is 103 Å². The maximum Gasteiger partial charge on any atom is 0.0534 e. The van der Waals surface area contributed by atoms with Crippen LogP contribution in [0.1, 0.15) is 31.2 Å². The van der Waals surface area contributed by atoms with Gasteiger partial charge in [0.1, 0.15) is 0 Å². The third kappa shape index (κ3) is 2.11. The van der Waals surface area contributed by atoms with Crippen LogP contribution in [-0.2, 0) is 13.6 Å². The lowest BCUT2D eigenvalue weighted by atomic mass is 9.92. The van der Waals surface area contributed by atoms with Crippen LogP contribution >= 0.6 is 0 Å². The summed E-state index contributed by atoms with van der Waals surface area (Å²) in [6, 6.07) is 0. The Morgan fingerprint density at radius 2 is 2.24 bits per heavy atom. The van der Waals surface area contributed by atoms with Crippen LogP contribution < -0.4 is 5.32 Å². The molecule has 1 aromatic rings. The molecular weight excluding hydrogens is 212 g/mol. The first kappa shape index (κ1) is 11.2. The molecule has 94 valence electrons. The number of nitrogens with zero attached hydrogens (tertiary/aromatic N) is 3. The first-order chi connectivity index (χ1) is 8.28. The lowest BCUT2D eigenvalue weighted by Crippen LogP contribution is -2.59. The molecule has 0 radical (unpaired) electrons. The molecule has 2 fully saturated rings. The lowest BCUT2D eigenvalue weighted by molar-refractivity contribution is 0.0572. The molecule has 1 aliphatic heterocycles. The second-order valence-electron chi connectivity index (χ2n) is 5.55. The van der Waals surface area contributed by atoms with E-state index in [2.05, 4.69) is 21.5 Å². The van der Waals surface area contributed by atoms with E-state index in [9.17, 15) is 0 Å². The van der Waals surface area contributed by atoms with Crippen molar-refractivity contribution in [1.29, 1.82) is 0 Å². The number of nitrogens with one attached hydrogen (secondary N) is 1. The van der Waals surface area contributed by atoms with Crippen molar-refractivity contribution in [3.05, 3.63) is 18.0 Å². The molecule has 0 amide bonds. The Kier molecular flexibility index (Phi) is 2.92. The summed E-state index contributed by atoms with van der Waals surface area (Å²) >= 11 is 0. The van der Waals surface area contributed by atoms with Gasteiger partial charge in [0.25, 0.3) is 0 Å². The van der Waals surface area contributed by atoms with E-state index < -0.39 is 0 Å². The van der Waals surface area contributed by atoms with E-state index in [1.165, 1.54) is 44.3 Å². The summed E-state index contributed by atoms with van der Waals surface area (Å²) in [5, 5.41) is 7.85. The van der Waals surface area contributed by atoms with Gasteiger partial charge in [-0.15, -0.1) is 0 Å². The average molecular weight is 234 g/mol. The lowest BCUT2D eigenvalue weighted by Gasteiger charge is -2.45. The average Bonchev–Trinajstić information content (AvgIpc) is 2.93. The smallest absolute Gasteiger partial charge is 0.0534 e. The molecule has 4 nitrogen and oxygen atoms in total. The molecule has 1 aromatic heterocycles. The molecule has 0 atom stereocenters. The zero-order valence-electron chi connectivity index (χ0n) is 10.7. The highest BCUT2D eigenvalue weighted by molar-refractivity contribution is 5.07. The first-order valence-corrected chi connectivity index (χ1v) is 6.72. The van der Waals surface area contributed by atoms with Gasteiger partial charge in [-0.05, 0) is 12.8 Å². The molecule has 17 heavy (non-hydrogen) atoms. The highest BCUT2D eigenvalue weighted by atomic mass is 15.3. The van der Waals surface area contributed by atoms with Crippen LogP contribution in [0.2, 0.25) is 0 Å². The summed E-state index contributed by atoms with van der Waals surface area (Å²) in [6.45, 7) is 4.54. The molecule has 2 aliphatic rings. The summed E-state index contributed by atoms with van der Waals surface area (Å²) in [7, 11) is 1.99. The van der Waals surface area contributed by atoms with Gasteiger partial charge in [0.15, 0.2) is 0 Å². The van der Waals surface area contributed by atoms with Gasteiger partial charge in [0.05, 0.1) is 6.20 Å². The number of rotatable bonds is 2. The first-order valence-electron chi connectivity index (χ1n) is 6.72. The number of aryl methyl sites for hydroxylation is 1. The van der Waals surface area contributed by atoms with Crippen molar-refractivity contribution in [2.24, 2.45) is 7.05 Å². The Morgan fingerprint density at radius 1 is 1.41 bits per heavy atom. The minimum absolute atomic E-state index is 0.439. The molecule has 2 heterocycles. The molecule has 1 saturated heterocycles. The minimum atomic E-state index is 0.439. The third-order valence-corrected chi connectivity index (χ3v) is 4.35. The Morgan fingerprint density at radius 3 is 2.94 bits per heavy atom. The molecule has 0 aromatic carbocycles. The van der Waals surface area contributed by atoms with Gasteiger partial charge in [-0.3, -0.25) is 9.58 Å². The van der Waals surface area contributed by atoms with Crippen molar-refractivity contribution in [2.45, 2.75) is 37.8 Å². The number of hydrogen-bond acceptors (Lipinski definition) is 3. The van der Waals surface area contributed by atoms with Crippen LogP contribution in [-0.4, -0.2) is 39.9 Å². The highest BCUT2D eigenvalue weighted by Crippen LogP contribution is 2.36. The van der Waals surface area contributed by atoms with E-state index in [0.29, 0.717) is 5.54 Å². The van der Waals surface area contributed by atoms with Gasteiger partial charge in [-0.2, -0.15) is 5.10 Å². The van der Waals surface area contributed by atoms with Crippen LogP contribution in [0.5, 0.6) is 0 Å². The summed E-state index contributed by atoms with van der Waals surface area (Å²) in [6.07, 6.45) is 9.66. The molecule has 3 rings (SSSR count). The van der Waals surface area contributed by atoms with E-state index in [0.717, 1.165) is 13.1 Å². The topological polar surface area (TPSA) is 33.1 Å². The van der Waals surface area contributed by atoms with Crippen LogP contribution in [0.4, 0.5) is 0 Å². The Hall–Kier alpha value is -0.870. The maximum atomic E-state index is 4.27. The molecule has 1 N–H and O–H groups in total. The Bertz CT molecular complexity index is 379. The highest BCUT2D eigenvalue weighted by Gasteiger charge is 2.40. The fraction of sp³-hybridized carbons (Fsp3) is 0.769. The number of aromatic nitrogens is 2. The van der Waals surface area contributed by atoms with Crippen LogP contribution in [0.3, 0.4) is 0 Å². The van der Waals surface area contributed by atoms with Crippen molar-refractivity contribution in [1.82, 2.24) is 20.0 Å². The molecule has 1 aliphatic carbocycles. The number of piperazine rings is 1. The number of hydrogen-bond donors (Lipinski definition) is 1. The standard InChI is InChI=1S/C13H22N4/c1-16-9-12(8-15-16)10-17-7-6-14-11-13(17)4-2-3-5-13/h8-9,14H,2-7,10-11H2,1H3. The predicted octanol–water partition coefficient (Wildman–Crippen LogP) is 1.14. The predicted molar refractivity (Wildman–Crippen MR) is 67.7 cm³/mol. The summed E-state index contributed by atoms with van der Waals surface area (Å²) in [4.78, 5) is 2.69. The Balaban J connectivity index is 1.75. The van der Waals surface area contributed by atoms with Gasteiger partial charge in [0.2, 0.25) is 0 Å².